The lowest BCUT2D eigenvalue weighted by Gasteiger charge is -2.34. The van der Waals surface area contributed by atoms with E-state index in [4.69, 9.17) is 4.74 Å². The summed E-state index contributed by atoms with van der Waals surface area (Å²) in [4.78, 5) is 4.38. The average Bonchev–Trinajstić information content (AvgIpc) is 2.61. The Kier molecular flexibility index (Phi) is 4.12. The summed E-state index contributed by atoms with van der Waals surface area (Å²) >= 11 is 0. The molecule has 2 aromatic rings. The van der Waals surface area contributed by atoms with E-state index in [0.717, 1.165) is 31.2 Å². The molecule has 2 atom stereocenters. The maximum atomic E-state index is 5.92. The lowest BCUT2D eigenvalue weighted by molar-refractivity contribution is 0.304. The fourth-order valence-corrected chi connectivity index (χ4v) is 3.64. The lowest BCUT2D eigenvalue weighted by Crippen LogP contribution is -2.37. The highest BCUT2D eigenvalue weighted by Gasteiger charge is 2.26. The number of nitrogens with one attached hydrogen (secondary N) is 1. The molecule has 1 saturated heterocycles. The van der Waals surface area contributed by atoms with Gasteiger partial charge in [0.05, 0.1) is 6.20 Å². The average molecular weight is 306 g/mol. The van der Waals surface area contributed by atoms with Crippen LogP contribution in [0.4, 0.5) is 0 Å². The number of nitrogens with zero attached hydrogens (tertiary/aromatic N) is 1. The molecule has 1 N–H and O–H groups in total. The standard InChI is InChI=1S/C20H22N2O/c1-2-4-15(5-3-1)14-23-20-9-19(12-22-13-20)18-7-16-6-17(8-18)11-21-10-16/h1-5,7,9,12-13,16-17,21H,6,8,10-11,14H2. The lowest BCUT2D eigenvalue weighted by atomic mass is 9.78. The van der Waals surface area contributed by atoms with E-state index >= 15 is 0 Å². The van der Waals surface area contributed by atoms with E-state index in [2.05, 4.69) is 34.6 Å². The summed E-state index contributed by atoms with van der Waals surface area (Å²) < 4.78 is 5.92. The van der Waals surface area contributed by atoms with Gasteiger partial charge in [-0.2, -0.15) is 0 Å². The van der Waals surface area contributed by atoms with Crippen LogP contribution in [-0.4, -0.2) is 18.1 Å². The Labute approximate surface area is 137 Å². The van der Waals surface area contributed by atoms with Gasteiger partial charge < -0.3 is 10.1 Å². The van der Waals surface area contributed by atoms with Gasteiger partial charge in [0, 0.05) is 12.7 Å². The molecule has 1 fully saturated rings. The zero-order valence-corrected chi connectivity index (χ0v) is 13.2. The summed E-state index contributed by atoms with van der Waals surface area (Å²) in [6.07, 6.45) is 8.68. The first kappa shape index (κ1) is 14.5. The molecule has 2 bridgehead atoms. The Bertz CT molecular complexity index is 696. The van der Waals surface area contributed by atoms with Crippen molar-refractivity contribution < 1.29 is 4.74 Å². The number of rotatable bonds is 4. The third-order valence-electron chi connectivity index (χ3n) is 4.75. The van der Waals surface area contributed by atoms with Crippen molar-refractivity contribution in [3.8, 4) is 5.75 Å². The Morgan fingerprint density at radius 1 is 1.13 bits per heavy atom. The molecule has 2 aliphatic rings. The highest BCUT2D eigenvalue weighted by atomic mass is 16.5. The summed E-state index contributed by atoms with van der Waals surface area (Å²) in [5.74, 6) is 2.29. The van der Waals surface area contributed by atoms with E-state index in [1.54, 1.807) is 6.20 Å². The van der Waals surface area contributed by atoms with Crippen LogP contribution < -0.4 is 10.1 Å². The first-order valence-electron chi connectivity index (χ1n) is 8.40. The number of ether oxygens (including phenoxy) is 1. The zero-order valence-electron chi connectivity index (χ0n) is 13.2. The second kappa shape index (κ2) is 6.55. The van der Waals surface area contributed by atoms with E-state index in [1.807, 2.05) is 24.4 Å². The number of piperidine rings is 1. The predicted molar refractivity (Wildman–Crippen MR) is 92.1 cm³/mol. The van der Waals surface area contributed by atoms with Crippen LogP contribution in [0.3, 0.4) is 0 Å². The maximum absolute atomic E-state index is 5.92. The molecule has 0 saturated carbocycles. The van der Waals surface area contributed by atoms with Crippen molar-refractivity contribution in [2.24, 2.45) is 11.8 Å². The van der Waals surface area contributed by atoms with Crippen LogP contribution >= 0.6 is 0 Å². The smallest absolute Gasteiger partial charge is 0.138 e. The molecule has 23 heavy (non-hydrogen) atoms. The number of hydrogen-bond donors (Lipinski definition) is 1. The van der Waals surface area contributed by atoms with Crippen molar-refractivity contribution in [2.75, 3.05) is 13.1 Å². The molecule has 1 aliphatic heterocycles. The minimum absolute atomic E-state index is 0.584. The van der Waals surface area contributed by atoms with E-state index < -0.39 is 0 Å². The molecule has 0 radical (unpaired) electrons. The van der Waals surface area contributed by atoms with Gasteiger partial charge in [-0.05, 0) is 54.0 Å². The molecule has 0 amide bonds. The molecule has 2 heterocycles. The van der Waals surface area contributed by atoms with Crippen molar-refractivity contribution in [3.05, 3.63) is 66.0 Å². The van der Waals surface area contributed by atoms with Gasteiger partial charge in [0.25, 0.3) is 0 Å². The van der Waals surface area contributed by atoms with Gasteiger partial charge in [0.1, 0.15) is 12.4 Å². The molecule has 0 spiro atoms. The van der Waals surface area contributed by atoms with Gasteiger partial charge in [-0.3, -0.25) is 4.98 Å². The number of benzene rings is 1. The first-order valence-corrected chi connectivity index (χ1v) is 8.40. The molecule has 4 rings (SSSR count). The highest BCUT2D eigenvalue weighted by Crippen LogP contribution is 2.36. The van der Waals surface area contributed by atoms with Crippen molar-refractivity contribution in [2.45, 2.75) is 19.4 Å². The highest BCUT2D eigenvalue weighted by molar-refractivity contribution is 5.67. The van der Waals surface area contributed by atoms with E-state index in [1.165, 1.54) is 23.1 Å². The number of fused-ring (bicyclic) bond motifs is 2. The third kappa shape index (κ3) is 3.45. The first-order chi connectivity index (χ1) is 11.4. The Hall–Kier alpha value is -2.13. The second-order valence-corrected chi connectivity index (χ2v) is 6.60. The van der Waals surface area contributed by atoms with Gasteiger partial charge in [-0.15, -0.1) is 0 Å². The summed E-state index contributed by atoms with van der Waals surface area (Å²) in [5.41, 5.74) is 3.83. The van der Waals surface area contributed by atoms with Crippen molar-refractivity contribution in [1.82, 2.24) is 10.3 Å². The number of pyridine rings is 1. The SMILES string of the molecule is C1=C(c2cncc(OCc3ccccc3)c2)CC2CNCC1C2. The van der Waals surface area contributed by atoms with E-state index in [9.17, 15) is 0 Å². The third-order valence-corrected chi connectivity index (χ3v) is 4.75. The topological polar surface area (TPSA) is 34.1 Å². The molecule has 1 aromatic heterocycles. The van der Waals surface area contributed by atoms with Crippen LogP contribution in [0.25, 0.3) is 5.57 Å². The van der Waals surface area contributed by atoms with Gasteiger partial charge in [-0.1, -0.05) is 36.4 Å². The Morgan fingerprint density at radius 2 is 2.04 bits per heavy atom. The summed E-state index contributed by atoms with van der Waals surface area (Å²) in [7, 11) is 0. The Balaban J connectivity index is 1.49. The van der Waals surface area contributed by atoms with Crippen LogP contribution in [0, 0.1) is 11.8 Å². The minimum Gasteiger partial charge on any atom is -0.487 e. The van der Waals surface area contributed by atoms with Gasteiger partial charge in [0.2, 0.25) is 0 Å². The van der Waals surface area contributed by atoms with Crippen LogP contribution in [-0.2, 0) is 6.61 Å². The monoisotopic (exact) mass is 306 g/mol. The summed E-state index contributed by atoms with van der Waals surface area (Å²) in [6, 6.07) is 12.4. The zero-order chi connectivity index (χ0) is 15.5. The molecule has 3 nitrogen and oxygen atoms in total. The van der Waals surface area contributed by atoms with Crippen molar-refractivity contribution in [1.29, 1.82) is 0 Å². The van der Waals surface area contributed by atoms with Gasteiger partial charge in [-0.25, -0.2) is 0 Å². The van der Waals surface area contributed by atoms with Gasteiger partial charge in [0.15, 0.2) is 0 Å². The molecule has 3 heteroatoms. The summed E-state index contributed by atoms with van der Waals surface area (Å²) in [5, 5.41) is 3.52. The Morgan fingerprint density at radius 3 is 2.91 bits per heavy atom. The van der Waals surface area contributed by atoms with Crippen molar-refractivity contribution in [3.63, 3.8) is 0 Å². The van der Waals surface area contributed by atoms with Crippen LogP contribution in [0.15, 0.2) is 54.9 Å². The number of aromatic nitrogens is 1. The van der Waals surface area contributed by atoms with Crippen molar-refractivity contribution >= 4 is 5.57 Å². The van der Waals surface area contributed by atoms with Gasteiger partial charge >= 0.3 is 0 Å². The predicted octanol–water partition coefficient (Wildman–Crippen LogP) is 3.67. The minimum atomic E-state index is 0.584. The van der Waals surface area contributed by atoms with E-state index in [-0.39, 0.29) is 0 Å². The van der Waals surface area contributed by atoms with Crippen LogP contribution in [0.2, 0.25) is 0 Å². The molecule has 118 valence electrons. The van der Waals surface area contributed by atoms with Crippen LogP contribution in [0.1, 0.15) is 24.0 Å². The maximum Gasteiger partial charge on any atom is 0.138 e. The van der Waals surface area contributed by atoms with E-state index in [0.29, 0.717) is 12.5 Å². The second-order valence-electron chi connectivity index (χ2n) is 6.60. The molecule has 2 unspecified atom stereocenters. The molecule has 1 aromatic carbocycles. The fraction of sp³-hybridized carbons (Fsp3) is 0.350. The molecular weight excluding hydrogens is 284 g/mol. The van der Waals surface area contributed by atoms with Crippen LogP contribution in [0.5, 0.6) is 5.75 Å². The molecule has 1 aliphatic carbocycles. The number of hydrogen-bond acceptors (Lipinski definition) is 3. The normalized spacial score (nSPS) is 23.2. The fourth-order valence-electron chi connectivity index (χ4n) is 3.64. The largest absolute Gasteiger partial charge is 0.487 e. The number of allylic oxidation sites excluding steroid dienone is 1. The quantitative estimate of drug-likeness (QED) is 0.936. The summed E-state index contributed by atoms with van der Waals surface area (Å²) in [6.45, 7) is 2.84. The molecular formula is C20H22N2O.